The Balaban J connectivity index is 1.99. The molecule has 0 aliphatic heterocycles. The van der Waals surface area contributed by atoms with Crippen molar-refractivity contribution >= 4 is 17.5 Å². The van der Waals surface area contributed by atoms with E-state index in [1.807, 2.05) is 6.92 Å². The molecule has 1 aromatic rings. The lowest BCUT2D eigenvalue weighted by atomic mass is 9.99. The van der Waals surface area contributed by atoms with E-state index in [4.69, 9.17) is 5.73 Å². The fourth-order valence-electron chi connectivity index (χ4n) is 3.22. The van der Waals surface area contributed by atoms with Gasteiger partial charge in [0, 0.05) is 19.0 Å². The van der Waals surface area contributed by atoms with Crippen molar-refractivity contribution in [2.75, 3.05) is 18.4 Å². The number of hydrogen-bond acceptors (Lipinski definition) is 3. The normalized spacial score (nSPS) is 19.4. The number of nitrogens with zero attached hydrogens (tertiary/aromatic N) is 1. The number of benzene rings is 1. The Morgan fingerprint density at radius 1 is 1.23 bits per heavy atom. The zero-order chi connectivity index (χ0) is 19.3. The molecule has 3 N–H and O–H groups in total. The van der Waals surface area contributed by atoms with E-state index in [0.29, 0.717) is 13.0 Å². The number of hydrogen-bond donors (Lipinski definition) is 2. The molecule has 1 aliphatic carbocycles. The molecule has 2 atom stereocenters. The Labute approximate surface area is 150 Å². The maximum atomic E-state index is 13.7. The van der Waals surface area contributed by atoms with Crippen molar-refractivity contribution in [1.29, 1.82) is 0 Å². The summed E-state index contributed by atoms with van der Waals surface area (Å²) < 4.78 is 39.8. The maximum Gasteiger partial charge on any atom is 0.244 e. The lowest BCUT2D eigenvalue weighted by Gasteiger charge is -2.24. The summed E-state index contributed by atoms with van der Waals surface area (Å²) in [7, 11) is 0. The van der Waals surface area contributed by atoms with E-state index in [2.05, 4.69) is 5.32 Å². The molecule has 0 saturated heterocycles. The van der Waals surface area contributed by atoms with Crippen LogP contribution in [0.4, 0.5) is 18.9 Å². The van der Waals surface area contributed by atoms with Gasteiger partial charge in [-0.05, 0) is 37.3 Å². The standard InChI is InChI=1S/C18H24F3N3O2/c1-2-8-24(16(26)9-11-4-3-5-13(11)22)10-15(25)23-14-7-6-12(19)17(20)18(14)21/h6-7,11,13H,2-5,8-10,22H2,1H3,(H,23,25)/t11-,13+/m0/s1. The van der Waals surface area contributed by atoms with Crippen LogP contribution < -0.4 is 11.1 Å². The molecule has 1 fully saturated rings. The fraction of sp³-hybridized carbons (Fsp3) is 0.556. The molecule has 0 heterocycles. The van der Waals surface area contributed by atoms with Crippen LogP contribution >= 0.6 is 0 Å². The Hall–Kier alpha value is -2.09. The lowest BCUT2D eigenvalue weighted by Crippen LogP contribution is -2.40. The second-order valence-corrected chi connectivity index (χ2v) is 6.65. The van der Waals surface area contributed by atoms with Gasteiger partial charge in [-0.3, -0.25) is 9.59 Å². The minimum absolute atomic E-state index is 0.00691. The van der Waals surface area contributed by atoms with Crippen LogP contribution in [0.25, 0.3) is 0 Å². The number of nitrogens with two attached hydrogens (primary N) is 1. The van der Waals surface area contributed by atoms with Gasteiger partial charge >= 0.3 is 0 Å². The van der Waals surface area contributed by atoms with Crippen LogP contribution in [0.5, 0.6) is 0 Å². The first-order chi connectivity index (χ1) is 12.3. The quantitative estimate of drug-likeness (QED) is 0.724. The Morgan fingerprint density at radius 3 is 2.58 bits per heavy atom. The first-order valence-electron chi connectivity index (χ1n) is 8.80. The van der Waals surface area contributed by atoms with Crippen molar-refractivity contribution in [3.8, 4) is 0 Å². The van der Waals surface area contributed by atoms with Crippen LogP contribution in [0.15, 0.2) is 12.1 Å². The van der Waals surface area contributed by atoms with Crippen LogP contribution in [-0.2, 0) is 9.59 Å². The van der Waals surface area contributed by atoms with E-state index < -0.39 is 29.0 Å². The molecule has 1 aliphatic rings. The summed E-state index contributed by atoms with van der Waals surface area (Å²) in [5.41, 5.74) is 5.53. The Bertz CT molecular complexity index is 669. The number of anilines is 1. The highest BCUT2D eigenvalue weighted by Crippen LogP contribution is 2.27. The third-order valence-electron chi connectivity index (χ3n) is 4.64. The van der Waals surface area contributed by atoms with Crippen molar-refractivity contribution in [3.05, 3.63) is 29.6 Å². The predicted octanol–water partition coefficient (Wildman–Crippen LogP) is 2.80. The van der Waals surface area contributed by atoms with E-state index in [0.717, 1.165) is 31.4 Å². The van der Waals surface area contributed by atoms with Crippen LogP contribution in [0.2, 0.25) is 0 Å². The summed E-state index contributed by atoms with van der Waals surface area (Å²) in [6, 6.07) is 1.66. The summed E-state index contributed by atoms with van der Waals surface area (Å²) in [4.78, 5) is 26.0. The Morgan fingerprint density at radius 2 is 1.96 bits per heavy atom. The van der Waals surface area contributed by atoms with E-state index in [9.17, 15) is 22.8 Å². The third kappa shape index (κ3) is 4.97. The SMILES string of the molecule is CCCN(CC(=O)Nc1ccc(F)c(F)c1F)C(=O)C[C@@H]1CCC[C@H]1N. The molecule has 0 spiro atoms. The Kier molecular flexibility index (Phi) is 7.02. The molecule has 0 radical (unpaired) electrons. The number of carbonyl (C=O) groups excluding carboxylic acids is 2. The fourth-order valence-corrected chi connectivity index (χ4v) is 3.22. The average Bonchev–Trinajstić information content (AvgIpc) is 3.00. The minimum atomic E-state index is -1.65. The molecule has 0 unspecified atom stereocenters. The highest BCUT2D eigenvalue weighted by Gasteiger charge is 2.28. The zero-order valence-electron chi connectivity index (χ0n) is 14.7. The van der Waals surface area contributed by atoms with E-state index in [1.54, 1.807) is 0 Å². The van der Waals surface area contributed by atoms with Crippen LogP contribution in [-0.4, -0.2) is 35.8 Å². The number of nitrogens with one attached hydrogen (secondary N) is 1. The summed E-state index contributed by atoms with van der Waals surface area (Å²) in [6.07, 6.45) is 3.69. The molecule has 2 amide bonds. The summed E-state index contributed by atoms with van der Waals surface area (Å²) in [5.74, 6) is -5.21. The molecule has 26 heavy (non-hydrogen) atoms. The van der Waals surface area contributed by atoms with Crippen molar-refractivity contribution in [1.82, 2.24) is 4.90 Å². The molecular formula is C18H24F3N3O2. The van der Waals surface area contributed by atoms with Gasteiger partial charge in [0.25, 0.3) is 0 Å². The predicted molar refractivity (Wildman–Crippen MR) is 91.8 cm³/mol. The maximum absolute atomic E-state index is 13.7. The van der Waals surface area contributed by atoms with Crippen LogP contribution in [0.1, 0.15) is 39.0 Å². The van der Waals surface area contributed by atoms with E-state index >= 15 is 0 Å². The van der Waals surface area contributed by atoms with Crippen LogP contribution in [0.3, 0.4) is 0 Å². The third-order valence-corrected chi connectivity index (χ3v) is 4.64. The lowest BCUT2D eigenvalue weighted by molar-refractivity contribution is -0.135. The van der Waals surface area contributed by atoms with Gasteiger partial charge in [-0.2, -0.15) is 0 Å². The van der Waals surface area contributed by atoms with E-state index in [1.165, 1.54) is 4.90 Å². The number of carbonyl (C=O) groups is 2. The average molecular weight is 371 g/mol. The van der Waals surface area contributed by atoms with Gasteiger partial charge < -0.3 is 16.0 Å². The molecule has 144 valence electrons. The molecule has 1 aromatic carbocycles. The van der Waals surface area contributed by atoms with Crippen molar-refractivity contribution in [2.24, 2.45) is 11.7 Å². The molecule has 5 nitrogen and oxygen atoms in total. The van der Waals surface area contributed by atoms with Crippen molar-refractivity contribution in [3.63, 3.8) is 0 Å². The summed E-state index contributed by atoms with van der Waals surface area (Å²) in [6.45, 7) is 1.95. The van der Waals surface area contributed by atoms with Gasteiger partial charge in [-0.25, -0.2) is 13.2 Å². The number of amides is 2. The summed E-state index contributed by atoms with van der Waals surface area (Å²) >= 11 is 0. The second kappa shape index (κ2) is 9.02. The zero-order valence-corrected chi connectivity index (χ0v) is 14.7. The number of halogens is 3. The highest BCUT2D eigenvalue weighted by atomic mass is 19.2. The van der Waals surface area contributed by atoms with E-state index in [-0.39, 0.29) is 30.8 Å². The molecule has 1 saturated carbocycles. The monoisotopic (exact) mass is 371 g/mol. The van der Waals surface area contributed by atoms with Crippen molar-refractivity contribution < 1.29 is 22.8 Å². The molecule has 0 bridgehead atoms. The molecule has 8 heteroatoms. The highest BCUT2D eigenvalue weighted by molar-refractivity contribution is 5.94. The smallest absolute Gasteiger partial charge is 0.244 e. The first-order valence-corrected chi connectivity index (χ1v) is 8.80. The molecule has 2 rings (SSSR count). The minimum Gasteiger partial charge on any atom is -0.333 e. The second-order valence-electron chi connectivity index (χ2n) is 6.65. The molecule has 0 aromatic heterocycles. The largest absolute Gasteiger partial charge is 0.333 e. The van der Waals surface area contributed by atoms with Gasteiger partial charge in [-0.15, -0.1) is 0 Å². The van der Waals surface area contributed by atoms with Gasteiger partial charge in [0.15, 0.2) is 17.5 Å². The molecular weight excluding hydrogens is 347 g/mol. The van der Waals surface area contributed by atoms with Gasteiger partial charge in [0.05, 0.1) is 12.2 Å². The van der Waals surface area contributed by atoms with Gasteiger partial charge in [0.2, 0.25) is 11.8 Å². The topological polar surface area (TPSA) is 75.4 Å². The van der Waals surface area contributed by atoms with Crippen LogP contribution in [0, 0.1) is 23.4 Å². The van der Waals surface area contributed by atoms with Crippen molar-refractivity contribution in [2.45, 2.75) is 45.1 Å². The number of rotatable bonds is 7. The van der Waals surface area contributed by atoms with Gasteiger partial charge in [0.1, 0.15) is 0 Å². The summed E-state index contributed by atoms with van der Waals surface area (Å²) in [5, 5.41) is 2.19. The first kappa shape index (κ1) is 20.2. The van der Waals surface area contributed by atoms with Gasteiger partial charge in [-0.1, -0.05) is 13.3 Å².